The van der Waals surface area contributed by atoms with Crippen molar-refractivity contribution in [1.29, 1.82) is 0 Å². The molecule has 9 heteroatoms. The molecule has 94 valence electrons. The molecule has 9 nitrogen and oxygen atoms in total. The van der Waals surface area contributed by atoms with Gasteiger partial charge in [0.2, 0.25) is 5.91 Å². The van der Waals surface area contributed by atoms with Gasteiger partial charge in [-0.25, -0.2) is 4.98 Å². The minimum absolute atomic E-state index is 0.0894. The van der Waals surface area contributed by atoms with Gasteiger partial charge in [-0.2, -0.15) is 5.21 Å². The summed E-state index contributed by atoms with van der Waals surface area (Å²) in [6, 6.07) is -0.271. The second-order valence-electron chi connectivity index (χ2n) is 4.01. The van der Waals surface area contributed by atoms with Gasteiger partial charge in [0, 0.05) is 13.0 Å². The van der Waals surface area contributed by atoms with Crippen molar-refractivity contribution in [3.63, 3.8) is 0 Å². The maximum Gasteiger partial charge on any atom is 0.237 e. The van der Waals surface area contributed by atoms with E-state index in [0.29, 0.717) is 18.8 Å². The van der Waals surface area contributed by atoms with Crippen LogP contribution in [0.4, 0.5) is 0 Å². The van der Waals surface area contributed by atoms with Crippen molar-refractivity contribution in [2.45, 2.75) is 25.6 Å². The first-order valence-corrected chi connectivity index (χ1v) is 5.57. The molecule has 0 fully saturated rings. The van der Waals surface area contributed by atoms with Gasteiger partial charge in [0.15, 0.2) is 5.82 Å². The van der Waals surface area contributed by atoms with Crippen LogP contribution in [0.2, 0.25) is 0 Å². The first-order chi connectivity index (χ1) is 8.83. The van der Waals surface area contributed by atoms with Crippen LogP contribution in [0.1, 0.15) is 17.2 Å². The van der Waals surface area contributed by atoms with Crippen LogP contribution in [0.3, 0.4) is 0 Å². The average Bonchev–Trinajstić information content (AvgIpc) is 3.05. The van der Waals surface area contributed by atoms with Gasteiger partial charge in [-0.1, -0.05) is 5.21 Å². The van der Waals surface area contributed by atoms with Gasteiger partial charge in [0.1, 0.15) is 0 Å². The van der Waals surface area contributed by atoms with Crippen LogP contribution in [-0.4, -0.2) is 42.5 Å². The van der Waals surface area contributed by atoms with E-state index in [1.165, 1.54) is 0 Å². The highest BCUT2D eigenvalue weighted by Gasteiger charge is 2.25. The average molecular weight is 248 g/mol. The number of H-pyrrole nitrogens is 2. The van der Waals surface area contributed by atoms with Crippen LogP contribution in [0, 0.1) is 0 Å². The third-order valence-electron chi connectivity index (χ3n) is 2.86. The van der Waals surface area contributed by atoms with Gasteiger partial charge >= 0.3 is 0 Å². The molecule has 0 saturated carbocycles. The summed E-state index contributed by atoms with van der Waals surface area (Å²) in [5.74, 6) is 0.369. The summed E-state index contributed by atoms with van der Waals surface area (Å²) >= 11 is 0. The molecular formula is C9H12N8O. The quantitative estimate of drug-likeness (QED) is 0.511. The van der Waals surface area contributed by atoms with Crippen LogP contribution >= 0.6 is 0 Å². The molecule has 1 amide bonds. The molecule has 0 radical (unpaired) electrons. The fraction of sp³-hybridized carbons (Fsp3) is 0.444. The standard InChI is InChI=1S/C9H12N8O/c18-9(11-3-8-14-16-17-15-8)6-1-5-7(2-10-6)13-4-12-5/h4,6,10H,1-3H2,(H,11,18)(H,12,13)(H,14,15,16,17). The maximum absolute atomic E-state index is 11.9. The Morgan fingerprint density at radius 2 is 2.50 bits per heavy atom. The first kappa shape index (κ1) is 10.8. The number of hydrogen-bond donors (Lipinski definition) is 4. The zero-order valence-corrected chi connectivity index (χ0v) is 9.47. The zero-order chi connectivity index (χ0) is 12.4. The van der Waals surface area contributed by atoms with Gasteiger partial charge in [0.05, 0.1) is 30.3 Å². The predicted octanol–water partition coefficient (Wildman–Crippen LogP) is -1.75. The van der Waals surface area contributed by atoms with Crippen LogP contribution < -0.4 is 10.6 Å². The molecule has 0 aliphatic carbocycles. The summed E-state index contributed by atoms with van der Waals surface area (Å²) in [6.45, 7) is 0.885. The van der Waals surface area contributed by atoms with Crippen molar-refractivity contribution in [3.05, 3.63) is 23.5 Å². The fourth-order valence-corrected chi connectivity index (χ4v) is 1.90. The van der Waals surface area contributed by atoms with Crippen molar-refractivity contribution >= 4 is 5.91 Å². The molecule has 0 bridgehead atoms. The molecule has 1 atom stereocenters. The number of aromatic nitrogens is 6. The van der Waals surface area contributed by atoms with Crippen molar-refractivity contribution < 1.29 is 4.79 Å². The Bertz CT molecular complexity index is 533. The summed E-state index contributed by atoms with van der Waals surface area (Å²) in [6.07, 6.45) is 2.23. The maximum atomic E-state index is 11.9. The fourth-order valence-electron chi connectivity index (χ4n) is 1.90. The van der Waals surface area contributed by atoms with Crippen molar-refractivity contribution in [3.8, 4) is 0 Å². The van der Waals surface area contributed by atoms with Crippen LogP contribution in [-0.2, 0) is 24.3 Å². The summed E-state index contributed by atoms with van der Waals surface area (Å²) in [5.41, 5.74) is 1.98. The van der Waals surface area contributed by atoms with E-state index in [2.05, 4.69) is 41.2 Å². The van der Waals surface area contributed by atoms with Gasteiger partial charge in [-0.3, -0.25) is 10.1 Å². The number of tetrazole rings is 1. The summed E-state index contributed by atoms with van der Waals surface area (Å²) < 4.78 is 0. The largest absolute Gasteiger partial charge is 0.347 e. The SMILES string of the molecule is O=C(NCc1nn[nH]n1)C1Cc2nc[nH]c2CN1. The topological polar surface area (TPSA) is 124 Å². The Balaban J connectivity index is 1.57. The summed E-state index contributed by atoms with van der Waals surface area (Å²) in [4.78, 5) is 19.1. The van der Waals surface area contributed by atoms with Crippen molar-refractivity contribution in [1.82, 2.24) is 41.2 Å². The molecule has 1 unspecified atom stereocenters. The molecule has 1 aliphatic heterocycles. The van der Waals surface area contributed by atoms with E-state index < -0.39 is 0 Å². The van der Waals surface area contributed by atoms with Gasteiger partial charge in [0.25, 0.3) is 0 Å². The van der Waals surface area contributed by atoms with E-state index >= 15 is 0 Å². The van der Waals surface area contributed by atoms with Gasteiger partial charge in [-0.15, -0.1) is 10.2 Å². The number of hydrogen-bond acceptors (Lipinski definition) is 6. The monoisotopic (exact) mass is 248 g/mol. The highest BCUT2D eigenvalue weighted by atomic mass is 16.2. The number of imidazole rings is 1. The number of carbonyl (C=O) groups excluding carboxylic acids is 1. The second-order valence-corrected chi connectivity index (χ2v) is 4.01. The first-order valence-electron chi connectivity index (χ1n) is 5.57. The van der Waals surface area contributed by atoms with E-state index in [9.17, 15) is 4.79 Å². The Morgan fingerprint density at radius 3 is 3.33 bits per heavy atom. The lowest BCUT2D eigenvalue weighted by atomic mass is 10.0. The molecule has 18 heavy (non-hydrogen) atoms. The lowest BCUT2D eigenvalue weighted by molar-refractivity contribution is -0.123. The van der Waals surface area contributed by atoms with Crippen LogP contribution in [0.5, 0.6) is 0 Å². The lowest BCUT2D eigenvalue weighted by Gasteiger charge is -2.21. The van der Waals surface area contributed by atoms with Crippen LogP contribution in [0.25, 0.3) is 0 Å². The Kier molecular flexibility index (Phi) is 2.73. The number of carbonyl (C=O) groups is 1. The third kappa shape index (κ3) is 2.07. The number of nitrogens with zero attached hydrogens (tertiary/aromatic N) is 4. The Labute approximate surface area is 102 Å². The summed E-state index contributed by atoms with van der Waals surface area (Å²) in [5, 5.41) is 19.2. The number of aromatic amines is 2. The highest BCUT2D eigenvalue weighted by molar-refractivity contribution is 5.82. The lowest BCUT2D eigenvalue weighted by Crippen LogP contribution is -2.47. The molecule has 2 aromatic heterocycles. The molecule has 3 rings (SSSR count). The molecule has 1 aliphatic rings. The smallest absolute Gasteiger partial charge is 0.237 e. The number of fused-ring (bicyclic) bond motifs is 1. The molecule has 0 aromatic carbocycles. The Morgan fingerprint density at radius 1 is 1.56 bits per heavy atom. The molecule has 0 saturated heterocycles. The third-order valence-corrected chi connectivity index (χ3v) is 2.86. The van der Waals surface area contributed by atoms with Crippen molar-refractivity contribution in [2.24, 2.45) is 0 Å². The number of amides is 1. The molecule has 3 heterocycles. The summed E-state index contributed by atoms with van der Waals surface area (Å²) in [7, 11) is 0. The highest BCUT2D eigenvalue weighted by Crippen LogP contribution is 2.11. The van der Waals surface area contributed by atoms with Gasteiger partial charge < -0.3 is 10.3 Å². The van der Waals surface area contributed by atoms with E-state index in [-0.39, 0.29) is 18.5 Å². The zero-order valence-electron chi connectivity index (χ0n) is 9.47. The van der Waals surface area contributed by atoms with Crippen molar-refractivity contribution in [2.75, 3.05) is 0 Å². The van der Waals surface area contributed by atoms with E-state index in [1.54, 1.807) is 6.33 Å². The van der Waals surface area contributed by atoms with E-state index in [0.717, 1.165) is 11.4 Å². The Hall–Kier alpha value is -2.29. The number of nitrogens with one attached hydrogen (secondary N) is 4. The predicted molar refractivity (Wildman–Crippen MR) is 58.9 cm³/mol. The normalized spacial score (nSPS) is 18.3. The van der Waals surface area contributed by atoms with Crippen LogP contribution in [0.15, 0.2) is 6.33 Å². The molecular weight excluding hydrogens is 236 g/mol. The van der Waals surface area contributed by atoms with Gasteiger partial charge in [-0.05, 0) is 0 Å². The molecule has 0 spiro atoms. The minimum Gasteiger partial charge on any atom is -0.347 e. The molecule has 4 N–H and O–H groups in total. The minimum atomic E-state index is -0.271. The number of rotatable bonds is 3. The van der Waals surface area contributed by atoms with E-state index in [4.69, 9.17) is 0 Å². The molecule has 2 aromatic rings. The second kappa shape index (κ2) is 4.53. The van der Waals surface area contributed by atoms with E-state index in [1.807, 2.05) is 0 Å².